The number of carbonyl (C=O) groups excluding carboxylic acids is 2. The first kappa shape index (κ1) is 18.2. The SMILES string of the molecule is C[C@H](OC(=O)c1ccc(-n2cccn2)cc1)C(=O)N(C)C1CCCCC1. The van der Waals surface area contributed by atoms with Gasteiger partial charge in [0.1, 0.15) is 0 Å². The third-order valence-corrected chi connectivity index (χ3v) is 4.97. The summed E-state index contributed by atoms with van der Waals surface area (Å²) < 4.78 is 7.10. The van der Waals surface area contributed by atoms with E-state index in [-0.39, 0.29) is 11.9 Å². The Morgan fingerprint density at radius 1 is 1.19 bits per heavy atom. The van der Waals surface area contributed by atoms with E-state index in [0.717, 1.165) is 31.4 Å². The summed E-state index contributed by atoms with van der Waals surface area (Å²) in [4.78, 5) is 26.6. The Balaban J connectivity index is 1.58. The predicted octanol–water partition coefficient (Wildman–Crippen LogP) is 3.21. The molecule has 6 heteroatoms. The fourth-order valence-corrected chi connectivity index (χ4v) is 3.39. The number of aromatic nitrogens is 2. The van der Waals surface area contributed by atoms with Gasteiger partial charge in [0.05, 0.1) is 11.3 Å². The number of carbonyl (C=O) groups is 2. The Labute approximate surface area is 153 Å². The van der Waals surface area contributed by atoms with Crippen LogP contribution in [0.2, 0.25) is 0 Å². The van der Waals surface area contributed by atoms with Crippen LogP contribution < -0.4 is 0 Å². The highest BCUT2D eigenvalue weighted by atomic mass is 16.5. The summed E-state index contributed by atoms with van der Waals surface area (Å²) in [6.45, 7) is 1.64. The maximum Gasteiger partial charge on any atom is 0.338 e. The lowest BCUT2D eigenvalue weighted by atomic mass is 9.94. The molecule has 1 aliphatic carbocycles. The van der Waals surface area contributed by atoms with E-state index < -0.39 is 12.1 Å². The zero-order chi connectivity index (χ0) is 18.5. The molecule has 138 valence electrons. The average Bonchev–Trinajstić information content (AvgIpc) is 3.22. The number of likely N-dealkylation sites (N-methyl/N-ethyl adjacent to an activating group) is 1. The topological polar surface area (TPSA) is 64.4 Å². The second kappa shape index (κ2) is 8.17. The Morgan fingerprint density at radius 3 is 2.50 bits per heavy atom. The number of amides is 1. The van der Waals surface area contributed by atoms with E-state index in [1.54, 1.807) is 47.0 Å². The molecule has 6 nitrogen and oxygen atoms in total. The predicted molar refractivity (Wildman–Crippen MR) is 98.1 cm³/mol. The normalized spacial score (nSPS) is 16.1. The van der Waals surface area contributed by atoms with Gasteiger partial charge in [-0.25, -0.2) is 9.48 Å². The maximum atomic E-state index is 12.6. The van der Waals surface area contributed by atoms with E-state index in [9.17, 15) is 9.59 Å². The summed E-state index contributed by atoms with van der Waals surface area (Å²) in [7, 11) is 1.81. The first-order chi connectivity index (χ1) is 12.6. The van der Waals surface area contributed by atoms with Gasteiger partial charge in [-0.3, -0.25) is 4.79 Å². The molecule has 26 heavy (non-hydrogen) atoms. The lowest BCUT2D eigenvalue weighted by Crippen LogP contribution is -2.44. The summed E-state index contributed by atoms with van der Waals surface area (Å²) in [5, 5.41) is 4.15. The van der Waals surface area contributed by atoms with Crippen LogP contribution in [0.4, 0.5) is 0 Å². The lowest BCUT2D eigenvalue weighted by molar-refractivity contribution is -0.141. The number of ether oxygens (including phenoxy) is 1. The fraction of sp³-hybridized carbons (Fsp3) is 0.450. The van der Waals surface area contributed by atoms with Crippen molar-refractivity contribution in [3.63, 3.8) is 0 Å². The van der Waals surface area contributed by atoms with E-state index in [1.165, 1.54) is 6.42 Å². The maximum absolute atomic E-state index is 12.6. The van der Waals surface area contributed by atoms with Crippen molar-refractivity contribution in [2.75, 3.05) is 7.05 Å². The van der Waals surface area contributed by atoms with E-state index >= 15 is 0 Å². The van der Waals surface area contributed by atoms with Crippen molar-refractivity contribution < 1.29 is 14.3 Å². The molecule has 0 aliphatic heterocycles. The third kappa shape index (κ3) is 4.12. The van der Waals surface area contributed by atoms with E-state index in [1.807, 2.05) is 19.3 Å². The van der Waals surface area contributed by atoms with Crippen molar-refractivity contribution in [3.8, 4) is 5.69 Å². The van der Waals surface area contributed by atoms with Gasteiger partial charge in [0.2, 0.25) is 0 Å². The zero-order valence-corrected chi connectivity index (χ0v) is 15.3. The van der Waals surface area contributed by atoms with Crippen LogP contribution in [0.5, 0.6) is 0 Å². The second-order valence-electron chi connectivity index (χ2n) is 6.79. The summed E-state index contributed by atoms with van der Waals surface area (Å²) in [6, 6.07) is 9.04. The number of benzene rings is 1. The van der Waals surface area contributed by atoms with Gasteiger partial charge in [0.25, 0.3) is 5.91 Å². The number of nitrogens with zero attached hydrogens (tertiary/aromatic N) is 3. The summed E-state index contributed by atoms with van der Waals surface area (Å²) in [5.41, 5.74) is 1.27. The van der Waals surface area contributed by atoms with Crippen LogP contribution in [0.3, 0.4) is 0 Å². The molecule has 1 atom stereocenters. The molecule has 0 unspecified atom stereocenters. The molecule has 1 saturated carbocycles. The Hall–Kier alpha value is -2.63. The van der Waals surface area contributed by atoms with Gasteiger partial charge < -0.3 is 9.64 Å². The highest BCUT2D eigenvalue weighted by Crippen LogP contribution is 2.22. The monoisotopic (exact) mass is 355 g/mol. The second-order valence-corrected chi connectivity index (χ2v) is 6.79. The first-order valence-corrected chi connectivity index (χ1v) is 9.14. The molecule has 1 heterocycles. The quantitative estimate of drug-likeness (QED) is 0.773. The van der Waals surface area contributed by atoms with Gasteiger partial charge >= 0.3 is 5.97 Å². The third-order valence-electron chi connectivity index (χ3n) is 4.97. The molecular weight excluding hydrogens is 330 g/mol. The largest absolute Gasteiger partial charge is 0.449 e. The van der Waals surface area contributed by atoms with Crippen molar-refractivity contribution in [1.82, 2.24) is 14.7 Å². The number of hydrogen-bond donors (Lipinski definition) is 0. The molecule has 3 rings (SSSR count). The Bertz CT molecular complexity index is 734. The van der Waals surface area contributed by atoms with Crippen LogP contribution in [0.1, 0.15) is 49.4 Å². The van der Waals surface area contributed by atoms with Gasteiger partial charge in [-0.2, -0.15) is 5.10 Å². The fourth-order valence-electron chi connectivity index (χ4n) is 3.39. The van der Waals surface area contributed by atoms with Gasteiger partial charge in [0.15, 0.2) is 6.10 Å². The van der Waals surface area contributed by atoms with Crippen LogP contribution in [-0.4, -0.2) is 45.8 Å². The van der Waals surface area contributed by atoms with Crippen molar-refractivity contribution in [2.45, 2.75) is 51.2 Å². The first-order valence-electron chi connectivity index (χ1n) is 9.14. The van der Waals surface area contributed by atoms with Crippen LogP contribution in [0, 0.1) is 0 Å². The van der Waals surface area contributed by atoms with E-state index in [0.29, 0.717) is 5.56 Å². The smallest absolute Gasteiger partial charge is 0.338 e. The minimum absolute atomic E-state index is 0.140. The van der Waals surface area contributed by atoms with Crippen molar-refractivity contribution in [1.29, 1.82) is 0 Å². The van der Waals surface area contributed by atoms with Crippen LogP contribution in [0.15, 0.2) is 42.7 Å². The summed E-state index contributed by atoms with van der Waals surface area (Å²) in [6.07, 6.45) is 8.32. The number of hydrogen-bond acceptors (Lipinski definition) is 4. The van der Waals surface area contributed by atoms with Crippen LogP contribution in [-0.2, 0) is 9.53 Å². The lowest BCUT2D eigenvalue weighted by Gasteiger charge is -2.32. The molecule has 1 aromatic heterocycles. The van der Waals surface area contributed by atoms with Gasteiger partial charge in [-0.15, -0.1) is 0 Å². The minimum atomic E-state index is -0.791. The molecule has 0 bridgehead atoms. The highest BCUT2D eigenvalue weighted by molar-refractivity contribution is 5.92. The van der Waals surface area contributed by atoms with Crippen LogP contribution >= 0.6 is 0 Å². The zero-order valence-electron chi connectivity index (χ0n) is 15.3. The molecule has 0 radical (unpaired) electrons. The Kier molecular flexibility index (Phi) is 5.71. The highest BCUT2D eigenvalue weighted by Gasteiger charge is 2.27. The molecule has 0 N–H and O–H groups in total. The molecule has 1 amide bonds. The van der Waals surface area contributed by atoms with Crippen LogP contribution in [0.25, 0.3) is 5.69 Å². The van der Waals surface area contributed by atoms with Crippen molar-refractivity contribution >= 4 is 11.9 Å². The summed E-state index contributed by atoms with van der Waals surface area (Å²) >= 11 is 0. The molecular formula is C20H25N3O3. The van der Waals surface area contributed by atoms with Gasteiger partial charge in [0, 0.05) is 25.5 Å². The average molecular weight is 355 g/mol. The minimum Gasteiger partial charge on any atom is -0.449 e. The van der Waals surface area contributed by atoms with Gasteiger partial charge in [-0.05, 0) is 50.1 Å². The summed E-state index contributed by atoms with van der Waals surface area (Å²) in [5.74, 6) is -0.631. The molecule has 0 spiro atoms. The molecule has 1 fully saturated rings. The van der Waals surface area contributed by atoms with Gasteiger partial charge in [-0.1, -0.05) is 19.3 Å². The Morgan fingerprint density at radius 2 is 1.88 bits per heavy atom. The number of rotatable bonds is 5. The molecule has 0 saturated heterocycles. The van der Waals surface area contributed by atoms with Crippen molar-refractivity contribution in [2.24, 2.45) is 0 Å². The van der Waals surface area contributed by atoms with Crippen molar-refractivity contribution in [3.05, 3.63) is 48.3 Å². The standard InChI is InChI=1S/C20H25N3O3/c1-15(19(24)22(2)17-7-4-3-5-8-17)26-20(25)16-9-11-18(12-10-16)23-14-6-13-21-23/h6,9-15,17H,3-5,7-8H2,1-2H3/t15-/m0/s1. The van der Waals surface area contributed by atoms with E-state index in [2.05, 4.69) is 5.10 Å². The molecule has 1 aromatic carbocycles. The van der Waals surface area contributed by atoms with E-state index in [4.69, 9.17) is 4.74 Å². The number of esters is 1. The molecule has 1 aliphatic rings. The molecule has 2 aromatic rings.